The number of hydrogen-bond acceptors (Lipinski definition) is 2. The van der Waals surface area contributed by atoms with Gasteiger partial charge in [0.25, 0.3) is 0 Å². The zero-order chi connectivity index (χ0) is 7.11. The van der Waals surface area contributed by atoms with Gasteiger partial charge in [0.1, 0.15) is 0 Å². The Bertz CT molecular complexity index is 136. The first kappa shape index (κ1) is 8.50. The number of allylic oxidation sites excluding steroid dienone is 1. The van der Waals surface area contributed by atoms with E-state index in [1.165, 1.54) is 0 Å². The van der Waals surface area contributed by atoms with Crippen molar-refractivity contribution in [3.8, 4) is 0 Å². The summed E-state index contributed by atoms with van der Waals surface area (Å²) in [6.45, 7) is 7.47. The first-order valence-electron chi connectivity index (χ1n) is 2.73. The molecule has 2 heteroatoms. The molecule has 0 N–H and O–H groups in total. The fraction of sp³-hybridized carbons (Fsp3) is 0.286. The summed E-state index contributed by atoms with van der Waals surface area (Å²) in [6, 6.07) is 0. The molecule has 1 nitrogen and oxygen atoms in total. The van der Waals surface area contributed by atoms with E-state index in [2.05, 4.69) is 11.6 Å². The van der Waals surface area contributed by atoms with Crippen molar-refractivity contribution in [2.45, 2.75) is 13.8 Å². The van der Waals surface area contributed by atoms with Crippen LogP contribution < -0.4 is 0 Å². The van der Waals surface area contributed by atoms with Gasteiger partial charge >= 0.3 is 0 Å². The maximum atomic E-state index is 3.93. The molecular formula is C7H11NS. The van der Waals surface area contributed by atoms with Crippen LogP contribution >= 0.6 is 11.8 Å². The van der Waals surface area contributed by atoms with Crippen LogP contribution in [0.1, 0.15) is 13.8 Å². The molecule has 0 aromatic heterocycles. The monoisotopic (exact) mass is 141 g/mol. The average Bonchev–Trinajstić information content (AvgIpc) is 1.85. The highest BCUT2D eigenvalue weighted by molar-refractivity contribution is 8.05. The van der Waals surface area contributed by atoms with Gasteiger partial charge in [-0.3, -0.25) is 4.99 Å². The van der Waals surface area contributed by atoms with Crippen LogP contribution in [0.3, 0.4) is 0 Å². The molecule has 9 heavy (non-hydrogen) atoms. The largest absolute Gasteiger partial charge is 0.269 e. The Morgan fingerprint density at radius 2 is 2.33 bits per heavy atom. The van der Waals surface area contributed by atoms with Crippen molar-refractivity contribution in [1.82, 2.24) is 0 Å². The van der Waals surface area contributed by atoms with Crippen molar-refractivity contribution in [2.75, 3.05) is 0 Å². The molecule has 0 fully saturated rings. The van der Waals surface area contributed by atoms with Crippen molar-refractivity contribution < 1.29 is 0 Å². The van der Waals surface area contributed by atoms with Crippen molar-refractivity contribution >= 4 is 18.0 Å². The van der Waals surface area contributed by atoms with Crippen LogP contribution in [0.25, 0.3) is 0 Å². The maximum absolute atomic E-state index is 3.93. The molecular weight excluding hydrogens is 130 g/mol. The summed E-state index contributed by atoms with van der Waals surface area (Å²) in [6.07, 6.45) is 3.57. The molecule has 0 atom stereocenters. The van der Waals surface area contributed by atoms with Gasteiger partial charge in [0.05, 0.1) is 0 Å². The second kappa shape index (κ2) is 5.63. The molecule has 0 bridgehead atoms. The summed E-state index contributed by atoms with van der Waals surface area (Å²) in [5, 5.41) is 1.79. The van der Waals surface area contributed by atoms with Gasteiger partial charge in [0.2, 0.25) is 0 Å². The van der Waals surface area contributed by atoms with E-state index < -0.39 is 0 Å². The molecule has 0 radical (unpaired) electrons. The minimum absolute atomic E-state index is 1.16. The number of rotatable bonds is 3. The first-order chi connectivity index (χ1) is 4.31. The van der Waals surface area contributed by atoms with Gasteiger partial charge < -0.3 is 0 Å². The van der Waals surface area contributed by atoms with Gasteiger partial charge in [0.15, 0.2) is 0 Å². The standard InChI is InChI=1S/C7H11NS/c1-4-8-6-7(3)9-5-2/h4-6H,2H2,1,3H3/b7-6-,8-4?. The number of thioether (sulfide) groups is 1. The molecule has 0 aromatic carbocycles. The van der Waals surface area contributed by atoms with Gasteiger partial charge in [-0.15, -0.1) is 11.8 Å². The third kappa shape index (κ3) is 5.37. The second-order valence-corrected chi connectivity index (χ2v) is 2.64. The summed E-state index contributed by atoms with van der Waals surface area (Å²) in [5.74, 6) is 0. The summed E-state index contributed by atoms with van der Waals surface area (Å²) >= 11 is 1.58. The second-order valence-electron chi connectivity index (χ2n) is 1.43. The van der Waals surface area contributed by atoms with Crippen molar-refractivity contribution in [3.63, 3.8) is 0 Å². The molecule has 0 aliphatic carbocycles. The molecule has 0 aliphatic rings. The molecule has 0 heterocycles. The molecule has 0 unspecified atom stereocenters. The highest BCUT2D eigenvalue weighted by Gasteiger charge is 1.79. The number of nitrogens with zero attached hydrogens (tertiary/aromatic N) is 1. The van der Waals surface area contributed by atoms with E-state index in [1.54, 1.807) is 23.4 Å². The molecule has 0 aromatic rings. The Kier molecular flexibility index (Phi) is 5.32. The summed E-state index contributed by atoms with van der Waals surface area (Å²) in [7, 11) is 0. The Morgan fingerprint density at radius 3 is 2.78 bits per heavy atom. The Hall–Kier alpha value is -0.500. The zero-order valence-corrected chi connectivity index (χ0v) is 6.61. The predicted molar refractivity (Wildman–Crippen MR) is 45.7 cm³/mol. The van der Waals surface area contributed by atoms with Gasteiger partial charge in [-0.1, -0.05) is 6.58 Å². The SMILES string of the molecule is C=CS/C(C)=C\N=CC. The smallest absolute Gasteiger partial charge is 0.0359 e. The van der Waals surface area contributed by atoms with E-state index in [4.69, 9.17) is 0 Å². The highest BCUT2D eigenvalue weighted by Crippen LogP contribution is 2.13. The first-order valence-corrected chi connectivity index (χ1v) is 3.61. The van der Waals surface area contributed by atoms with Gasteiger partial charge in [0, 0.05) is 17.3 Å². The summed E-state index contributed by atoms with van der Waals surface area (Å²) < 4.78 is 0. The molecule has 0 aliphatic heterocycles. The lowest BCUT2D eigenvalue weighted by Crippen LogP contribution is -1.61. The Labute approximate surface area is 60.6 Å². The van der Waals surface area contributed by atoms with E-state index in [-0.39, 0.29) is 0 Å². The van der Waals surface area contributed by atoms with Crippen LogP contribution in [0.15, 0.2) is 28.1 Å². The fourth-order valence-electron chi connectivity index (χ4n) is 0.341. The van der Waals surface area contributed by atoms with E-state index >= 15 is 0 Å². The Morgan fingerprint density at radius 1 is 1.67 bits per heavy atom. The van der Waals surface area contributed by atoms with Crippen LogP contribution in [0.5, 0.6) is 0 Å². The van der Waals surface area contributed by atoms with Gasteiger partial charge in [-0.2, -0.15) is 0 Å². The topological polar surface area (TPSA) is 12.4 Å². The van der Waals surface area contributed by atoms with Gasteiger partial charge in [-0.05, 0) is 19.3 Å². The van der Waals surface area contributed by atoms with E-state index in [0.717, 1.165) is 4.91 Å². The number of hydrogen-bond donors (Lipinski definition) is 0. The number of aliphatic imine (C=N–C) groups is 1. The average molecular weight is 141 g/mol. The fourth-order valence-corrected chi connectivity index (χ4v) is 0.726. The summed E-state index contributed by atoms with van der Waals surface area (Å²) in [4.78, 5) is 5.09. The van der Waals surface area contributed by atoms with Crippen molar-refractivity contribution in [1.29, 1.82) is 0 Å². The van der Waals surface area contributed by atoms with Crippen LogP contribution in [0.2, 0.25) is 0 Å². The summed E-state index contributed by atoms with van der Waals surface area (Å²) in [5.41, 5.74) is 0. The third-order valence-electron chi connectivity index (χ3n) is 0.675. The maximum Gasteiger partial charge on any atom is 0.0359 e. The van der Waals surface area contributed by atoms with Crippen LogP contribution in [0.4, 0.5) is 0 Å². The molecule has 0 rings (SSSR count). The lowest BCUT2D eigenvalue weighted by molar-refractivity contribution is 1.51. The molecule has 0 spiro atoms. The lowest BCUT2D eigenvalue weighted by Gasteiger charge is -1.87. The minimum Gasteiger partial charge on any atom is -0.269 e. The molecule has 0 saturated heterocycles. The van der Waals surface area contributed by atoms with Crippen molar-refractivity contribution in [2.24, 2.45) is 4.99 Å². The van der Waals surface area contributed by atoms with Crippen LogP contribution in [0, 0.1) is 0 Å². The predicted octanol–water partition coefficient (Wildman–Crippen LogP) is 2.82. The third-order valence-corrected chi connectivity index (χ3v) is 1.32. The van der Waals surface area contributed by atoms with E-state index in [1.807, 2.05) is 20.0 Å². The molecule has 0 amide bonds. The van der Waals surface area contributed by atoms with E-state index in [0.29, 0.717) is 0 Å². The minimum atomic E-state index is 1.16. The quantitative estimate of drug-likeness (QED) is 0.550. The zero-order valence-electron chi connectivity index (χ0n) is 5.79. The van der Waals surface area contributed by atoms with Crippen molar-refractivity contribution in [3.05, 3.63) is 23.1 Å². The lowest BCUT2D eigenvalue weighted by atomic mass is 10.7. The normalized spacial score (nSPS) is 12.4. The van der Waals surface area contributed by atoms with Gasteiger partial charge in [-0.25, -0.2) is 0 Å². The van der Waals surface area contributed by atoms with Crippen LogP contribution in [-0.2, 0) is 0 Å². The van der Waals surface area contributed by atoms with Crippen LogP contribution in [-0.4, -0.2) is 6.21 Å². The Balaban J connectivity index is 3.68. The molecule has 0 saturated carbocycles. The van der Waals surface area contributed by atoms with E-state index in [9.17, 15) is 0 Å². The molecule has 50 valence electrons. The highest BCUT2D eigenvalue weighted by atomic mass is 32.2.